The minimum Gasteiger partial charge on any atom is -0.298 e. The van der Waals surface area contributed by atoms with Crippen molar-refractivity contribution in [1.29, 1.82) is 5.26 Å². The molecule has 3 heteroatoms. The summed E-state index contributed by atoms with van der Waals surface area (Å²) in [7, 11) is 2.21. The van der Waals surface area contributed by atoms with Crippen LogP contribution in [-0.4, -0.2) is 48.6 Å². The monoisotopic (exact) mass is 165 g/mol. The first-order valence-electron chi connectivity index (χ1n) is 4.62. The van der Waals surface area contributed by atoms with Crippen LogP contribution in [0.1, 0.15) is 12.8 Å². The fourth-order valence-corrected chi connectivity index (χ4v) is 2.43. The highest BCUT2D eigenvalue weighted by Crippen LogP contribution is 2.27. The van der Waals surface area contributed by atoms with Gasteiger partial charge in [0.1, 0.15) is 0 Å². The summed E-state index contributed by atoms with van der Waals surface area (Å²) in [6, 6.07) is 3.67. The molecule has 0 aromatic heterocycles. The van der Waals surface area contributed by atoms with Gasteiger partial charge in [0.15, 0.2) is 0 Å². The van der Waals surface area contributed by atoms with E-state index >= 15 is 0 Å². The van der Waals surface area contributed by atoms with Gasteiger partial charge in [0.25, 0.3) is 0 Å². The summed E-state index contributed by atoms with van der Waals surface area (Å²) in [5.41, 5.74) is 0. The smallest absolute Gasteiger partial charge is 0.0867 e. The quantitative estimate of drug-likeness (QED) is 0.523. The number of fused-ring (bicyclic) bond motifs is 2. The summed E-state index contributed by atoms with van der Waals surface area (Å²) < 4.78 is 0. The van der Waals surface area contributed by atoms with Crippen LogP contribution in [-0.2, 0) is 0 Å². The second-order valence-corrected chi connectivity index (χ2v) is 3.90. The van der Waals surface area contributed by atoms with Gasteiger partial charge in [-0.3, -0.25) is 9.80 Å². The molecule has 2 bridgehead atoms. The molecule has 0 N–H and O–H groups in total. The Bertz CT molecular complexity index is 194. The summed E-state index contributed by atoms with van der Waals surface area (Å²) >= 11 is 0. The molecule has 2 atom stereocenters. The van der Waals surface area contributed by atoms with Crippen LogP contribution in [0.2, 0.25) is 0 Å². The van der Waals surface area contributed by atoms with Crippen molar-refractivity contribution in [3.63, 3.8) is 0 Å². The molecule has 3 nitrogen and oxygen atoms in total. The van der Waals surface area contributed by atoms with Crippen LogP contribution in [0.15, 0.2) is 0 Å². The summed E-state index contributed by atoms with van der Waals surface area (Å²) in [4.78, 5) is 4.76. The standard InChI is InChI=1S/C9H15N3/c1-11-8-2-3-9(11)7-12(6-8)5-4-10/h8-9H,2-3,5-7H2,1H3. The first kappa shape index (κ1) is 8.03. The van der Waals surface area contributed by atoms with Crippen molar-refractivity contribution in [3.8, 4) is 6.07 Å². The Balaban J connectivity index is 1.99. The Kier molecular flexibility index (Phi) is 2.03. The highest BCUT2D eigenvalue weighted by Gasteiger charge is 2.36. The lowest BCUT2D eigenvalue weighted by Crippen LogP contribution is -2.51. The van der Waals surface area contributed by atoms with Crippen LogP contribution in [0.3, 0.4) is 0 Å². The third-order valence-electron chi connectivity index (χ3n) is 3.22. The Morgan fingerprint density at radius 1 is 1.33 bits per heavy atom. The van der Waals surface area contributed by atoms with Gasteiger partial charge in [0, 0.05) is 25.2 Å². The van der Waals surface area contributed by atoms with E-state index in [-0.39, 0.29) is 0 Å². The fraction of sp³-hybridized carbons (Fsp3) is 0.889. The minimum absolute atomic E-state index is 0.612. The number of likely N-dealkylation sites (N-methyl/N-ethyl adjacent to an activating group) is 1. The average molecular weight is 165 g/mol. The van der Waals surface area contributed by atoms with Gasteiger partial charge in [-0.15, -0.1) is 0 Å². The van der Waals surface area contributed by atoms with Gasteiger partial charge in [0.2, 0.25) is 0 Å². The molecule has 0 amide bonds. The van der Waals surface area contributed by atoms with Gasteiger partial charge in [-0.1, -0.05) is 0 Å². The molecular formula is C9H15N3. The van der Waals surface area contributed by atoms with E-state index in [1.165, 1.54) is 12.8 Å². The zero-order valence-corrected chi connectivity index (χ0v) is 7.53. The fourth-order valence-electron chi connectivity index (χ4n) is 2.43. The number of piperazine rings is 1. The van der Waals surface area contributed by atoms with E-state index in [0.717, 1.165) is 25.2 Å². The van der Waals surface area contributed by atoms with Crippen molar-refractivity contribution in [2.75, 3.05) is 26.7 Å². The number of hydrogen-bond acceptors (Lipinski definition) is 3. The van der Waals surface area contributed by atoms with Crippen LogP contribution in [0, 0.1) is 11.3 Å². The van der Waals surface area contributed by atoms with Gasteiger partial charge in [-0.2, -0.15) is 5.26 Å². The van der Waals surface area contributed by atoms with Crippen LogP contribution in [0.5, 0.6) is 0 Å². The molecule has 2 aliphatic heterocycles. The topological polar surface area (TPSA) is 30.3 Å². The summed E-state index contributed by atoms with van der Waals surface area (Å²) in [6.45, 7) is 2.81. The van der Waals surface area contributed by atoms with Crippen molar-refractivity contribution in [3.05, 3.63) is 0 Å². The molecule has 2 heterocycles. The maximum Gasteiger partial charge on any atom is 0.0867 e. The van der Waals surface area contributed by atoms with Crippen molar-refractivity contribution in [2.45, 2.75) is 24.9 Å². The maximum atomic E-state index is 8.57. The van der Waals surface area contributed by atoms with E-state index in [2.05, 4.69) is 22.9 Å². The van der Waals surface area contributed by atoms with Crippen LogP contribution >= 0.6 is 0 Å². The molecule has 0 saturated carbocycles. The molecule has 0 aliphatic carbocycles. The van der Waals surface area contributed by atoms with Crippen molar-refractivity contribution in [1.82, 2.24) is 9.80 Å². The lowest BCUT2D eigenvalue weighted by Gasteiger charge is -2.37. The molecule has 2 rings (SSSR count). The van der Waals surface area contributed by atoms with E-state index < -0.39 is 0 Å². The average Bonchev–Trinajstić information content (AvgIpc) is 2.33. The molecule has 2 aliphatic rings. The van der Waals surface area contributed by atoms with E-state index in [0.29, 0.717) is 6.54 Å². The van der Waals surface area contributed by atoms with Crippen molar-refractivity contribution < 1.29 is 0 Å². The third-order valence-corrected chi connectivity index (χ3v) is 3.22. The van der Waals surface area contributed by atoms with Crippen LogP contribution in [0.25, 0.3) is 0 Å². The number of nitrogens with zero attached hydrogens (tertiary/aromatic N) is 3. The molecule has 0 radical (unpaired) electrons. The SMILES string of the molecule is CN1C2CCC1CN(CC#N)C2. The number of rotatable bonds is 1. The molecule has 0 aromatic rings. The van der Waals surface area contributed by atoms with E-state index in [1.807, 2.05) is 0 Å². The number of likely N-dealkylation sites (tertiary alicyclic amines) is 1. The predicted octanol–water partition coefficient (Wildman–Crippen LogP) is 0.288. The maximum absolute atomic E-state index is 8.57. The Morgan fingerprint density at radius 2 is 1.92 bits per heavy atom. The number of hydrogen-bond donors (Lipinski definition) is 0. The Labute approximate surface area is 73.6 Å². The van der Waals surface area contributed by atoms with E-state index in [1.54, 1.807) is 0 Å². The molecule has 12 heavy (non-hydrogen) atoms. The molecule has 66 valence electrons. The molecule has 2 saturated heterocycles. The molecule has 2 fully saturated rings. The molecule has 0 spiro atoms. The van der Waals surface area contributed by atoms with Crippen molar-refractivity contribution >= 4 is 0 Å². The second kappa shape index (κ2) is 3.04. The highest BCUT2D eigenvalue weighted by molar-refractivity contribution is 4.95. The Hall–Kier alpha value is -0.590. The third kappa shape index (κ3) is 1.21. The minimum atomic E-state index is 0.612. The normalized spacial score (nSPS) is 36.7. The van der Waals surface area contributed by atoms with Gasteiger partial charge < -0.3 is 0 Å². The summed E-state index contributed by atoms with van der Waals surface area (Å²) in [6.07, 6.45) is 2.65. The van der Waals surface area contributed by atoms with Crippen LogP contribution < -0.4 is 0 Å². The zero-order chi connectivity index (χ0) is 8.55. The largest absolute Gasteiger partial charge is 0.298 e. The van der Waals surface area contributed by atoms with Gasteiger partial charge in [-0.05, 0) is 19.9 Å². The van der Waals surface area contributed by atoms with Gasteiger partial charge in [0.05, 0.1) is 12.6 Å². The number of nitriles is 1. The summed E-state index contributed by atoms with van der Waals surface area (Å²) in [5.74, 6) is 0. The predicted molar refractivity (Wildman–Crippen MR) is 46.6 cm³/mol. The molecule has 2 unspecified atom stereocenters. The molecule has 0 aromatic carbocycles. The van der Waals surface area contributed by atoms with Gasteiger partial charge >= 0.3 is 0 Å². The summed E-state index contributed by atoms with van der Waals surface area (Å²) in [5, 5.41) is 8.57. The Morgan fingerprint density at radius 3 is 2.42 bits per heavy atom. The first-order valence-corrected chi connectivity index (χ1v) is 4.62. The molecular weight excluding hydrogens is 150 g/mol. The van der Waals surface area contributed by atoms with E-state index in [9.17, 15) is 0 Å². The van der Waals surface area contributed by atoms with Gasteiger partial charge in [-0.25, -0.2) is 0 Å². The highest BCUT2D eigenvalue weighted by atomic mass is 15.3. The second-order valence-electron chi connectivity index (χ2n) is 3.90. The zero-order valence-electron chi connectivity index (χ0n) is 7.53. The van der Waals surface area contributed by atoms with Crippen molar-refractivity contribution in [2.24, 2.45) is 0 Å². The lowest BCUT2D eigenvalue weighted by atomic mass is 10.2. The lowest BCUT2D eigenvalue weighted by molar-refractivity contribution is 0.0983. The van der Waals surface area contributed by atoms with E-state index in [4.69, 9.17) is 5.26 Å². The van der Waals surface area contributed by atoms with Crippen LogP contribution in [0.4, 0.5) is 0 Å². The first-order chi connectivity index (χ1) is 5.81.